The summed E-state index contributed by atoms with van der Waals surface area (Å²) in [6.07, 6.45) is 1.35. The summed E-state index contributed by atoms with van der Waals surface area (Å²) >= 11 is 1.92. The molecule has 0 spiro atoms. The second kappa shape index (κ2) is 6.34. The number of phenols is 1. The molecule has 8 heteroatoms. The number of hydrogen-bond donors (Lipinski definition) is 2. The third-order valence-electron chi connectivity index (χ3n) is 2.97. The second-order valence-corrected chi connectivity index (χ2v) is 5.63. The highest BCUT2D eigenvalue weighted by atomic mass is 127. The van der Waals surface area contributed by atoms with Crippen LogP contribution in [0.25, 0.3) is 6.08 Å². The van der Waals surface area contributed by atoms with Crippen molar-refractivity contribution in [3.8, 4) is 11.5 Å². The second-order valence-electron chi connectivity index (χ2n) is 4.46. The van der Waals surface area contributed by atoms with E-state index < -0.39 is 17.8 Å². The van der Waals surface area contributed by atoms with Gasteiger partial charge < -0.3 is 9.84 Å². The summed E-state index contributed by atoms with van der Waals surface area (Å²) in [5.41, 5.74) is 0.345. The van der Waals surface area contributed by atoms with Gasteiger partial charge in [-0.1, -0.05) is 0 Å². The molecule has 0 atom stereocenters. The van der Waals surface area contributed by atoms with Crippen LogP contribution < -0.4 is 10.1 Å². The maximum Gasteiger partial charge on any atom is 0.331 e. The molecule has 1 aromatic carbocycles. The SMILES string of the molecule is CCOc1cc(/C=C2\C(=O)NC(=O)N(C)C2=O)cc(I)c1O. The molecule has 0 aromatic heterocycles. The van der Waals surface area contributed by atoms with Gasteiger partial charge in [0.05, 0.1) is 10.2 Å². The zero-order valence-electron chi connectivity index (χ0n) is 11.8. The number of benzene rings is 1. The van der Waals surface area contributed by atoms with Crippen LogP contribution in [0.1, 0.15) is 12.5 Å². The van der Waals surface area contributed by atoms with Crippen molar-refractivity contribution in [2.24, 2.45) is 0 Å². The Hall–Kier alpha value is -2.10. The molecule has 0 unspecified atom stereocenters. The Balaban J connectivity index is 2.46. The maximum absolute atomic E-state index is 12.0. The first-order valence-corrected chi connectivity index (χ1v) is 7.43. The van der Waals surface area contributed by atoms with E-state index in [-0.39, 0.29) is 17.1 Å². The van der Waals surface area contributed by atoms with Crippen molar-refractivity contribution in [1.29, 1.82) is 0 Å². The first-order valence-electron chi connectivity index (χ1n) is 6.35. The standard InChI is InChI=1S/C14H13IN2O5/c1-3-22-10-6-7(5-9(15)11(10)18)4-8-12(19)16-14(21)17(2)13(8)20/h4-6,18H,3H2,1-2H3,(H,16,19,21)/b8-4+. The Morgan fingerprint density at radius 2 is 2.05 bits per heavy atom. The van der Waals surface area contributed by atoms with E-state index in [4.69, 9.17) is 4.74 Å². The third-order valence-corrected chi connectivity index (χ3v) is 3.79. The molecule has 22 heavy (non-hydrogen) atoms. The Kier molecular flexibility index (Phi) is 4.69. The number of carbonyl (C=O) groups is 3. The van der Waals surface area contributed by atoms with Crippen LogP contribution in [-0.2, 0) is 9.59 Å². The first kappa shape index (κ1) is 16.3. The number of barbiturate groups is 1. The minimum absolute atomic E-state index is 0.00341. The third kappa shape index (κ3) is 3.06. The lowest BCUT2D eigenvalue weighted by Crippen LogP contribution is -2.52. The Morgan fingerprint density at radius 1 is 1.36 bits per heavy atom. The van der Waals surface area contributed by atoms with Gasteiger partial charge in [-0.15, -0.1) is 0 Å². The van der Waals surface area contributed by atoms with Crippen molar-refractivity contribution in [2.75, 3.05) is 13.7 Å². The summed E-state index contributed by atoms with van der Waals surface area (Å²) < 4.78 is 5.82. The first-order chi connectivity index (χ1) is 10.3. The number of likely N-dealkylation sites (N-methyl/N-ethyl adjacent to an activating group) is 1. The Labute approximate surface area is 140 Å². The average Bonchev–Trinajstić information content (AvgIpc) is 2.46. The van der Waals surface area contributed by atoms with Crippen LogP contribution in [0.5, 0.6) is 11.5 Å². The van der Waals surface area contributed by atoms with Gasteiger partial charge in [0.25, 0.3) is 11.8 Å². The van der Waals surface area contributed by atoms with Gasteiger partial charge in [0, 0.05) is 7.05 Å². The highest BCUT2D eigenvalue weighted by Crippen LogP contribution is 2.33. The van der Waals surface area contributed by atoms with Crippen LogP contribution in [0, 0.1) is 3.57 Å². The topological polar surface area (TPSA) is 95.9 Å². The van der Waals surface area contributed by atoms with E-state index in [1.807, 2.05) is 22.6 Å². The molecule has 2 rings (SSSR count). The smallest absolute Gasteiger partial charge is 0.331 e. The van der Waals surface area contributed by atoms with Gasteiger partial charge in [-0.05, 0) is 53.3 Å². The van der Waals surface area contributed by atoms with E-state index in [1.54, 1.807) is 13.0 Å². The Morgan fingerprint density at radius 3 is 2.68 bits per heavy atom. The minimum Gasteiger partial charge on any atom is -0.504 e. The zero-order chi connectivity index (χ0) is 16.4. The van der Waals surface area contributed by atoms with E-state index in [0.29, 0.717) is 15.7 Å². The van der Waals surface area contributed by atoms with Gasteiger partial charge in [-0.25, -0.2) is 4.79 Å². The number of halogens is 1. The number of phenolic OH excluding ortho intramolecular Hbond substituents is 1. The molecule has 0 saturated carbocycles. The number of rotatable bonds is 3. The lowest BCUT2D eigenvalue weighted by molar-refractivity contribution is -0.129. The molecule has 0 radical (unpaired) electrons. The number of amides is 4. The van der Waals surface area contributed by atoms with E-state index in [2.05, 4.69) is 5.32 Å². The lowest BCUT2D eigenvalue weighted by atomic mass is 10.1. The number of hydrogen-bond acceptors (Lipinski definition) is 5. The van der Waals surface area contributed by atoms with Crippen LogP contribution in [0.3, 0.4) is 0 Å². The molecule has 1 saturated heterocycles. The molecule has 2 N–H and O–H groups in total. The van der Waals surface area contributed by atoms with Gasteiger partial charge >= 0.3 is 6.03 Å². The number of nitrogens with one attached hydrogen (secondary N) is 1. The highest BCUT2D eigenvalue weighted by molar-refractivity contribution is 14.1. The quantitative estimate of drug-likeness (QED) is 0.442. The van der Waals surface area contributed by atoms with Gasteiger partial charge in [0.15, 0.2) is 11.5 Å². The molecule has 1 heterocycles. The van der Waals surface area contributed by atoms with Crippen molar-refractivity contribution in [2.45, 2.75) is 6.92 Å². The fourth-order valence-electron chi connectivity index (χ4n) is 1.85. The lowest BCUT2D eigenvalue weighted by Gasteiger charge is -2.22. The number of aromatic hydroxyl groups is 1. The molecule has 1 aliphatic heterocycles. The van der Waals surface area contributed by atoms with Crippen LogP contribution in [0.4, 0.5) is 4.79 Å². The van der Waals surface area contributed by atoms with Crippen LogP contribution in [0.2, 0.25) is 0 Å². The van der Waals surface area contributed by atoms with Gasteiger partial charge in [-0.3, -0.25) is 19.8 Å². The van der Waals surface area contributed by atoms with Gasteiger partial charge in [0.2, 0.25) is 0 Å². The summed E-state index contributed by atoms with van der Waals surface area (Å²) in [5.74, 6) is -1.19. The molecular weight excluding hydrogens is 403 g/mol. The van der Waals surface area contributed by atoms with E-state index in [1.165, 1.54) is 19.2 Å². The number of nitrogens with zero attached hydrogens (tertiary/aromatic N) is 1. The largest absolute Gasteiger partial charge is 0.504 e. The predicted octanol–water partition coefficient (Wildman–Crippen LogP) is 1.49. The van der Waals surface area contributed by atoms with Crippen LogP contribution in [0.15, 0.2) is 17.7 Å². The van der Waals surface area contributed by atoms with Crippen molar-refractivity contribution < 1.29 is 24.2 Å². The molecular formula is C14H13IN2O5. The zero-order valence-corrected chi connectivity index (χ0v) is 14.0. The summed E-state index contributed by atoms with van der Waals surface area (Å²) in [4.78, 5) is 36.0. The summed E-state index contributed by atoms with van der Waals surface area (Å²) in [6.45, 7) is 2.14. The molecule has 0 bridgehead atoms. The number of imide groups is 2. The molecule has 4 amide bonds. The Bertz CT molecular complexity index is 699. The van der Waals surface area contributed by atoms with E-state index >= 15 is 0 Å². The van der Waals surface area contributed by atoms with E-state index in [9.17, 15) is 19.5 Å². The monoisotopic (exact) mass is 416 g/mol. The number of ether oxygens (including phenoxy) is 1. The van der Waals surface area contributed by atoms with Crippen molar-refractivity contribution in [3.63, 3.8) is 0 Å². The molecule has 1 fully saturated rings. The van der Waals surface area contributed by atoms with Crippen molar-refractivity contribution >= 4 is 46.5 Å². The highest BCUT2D eigenvalue weighted by Gasteiger charge is 2.33. The van der Waals surface area contributed by atoms with Crippen molar-refractivity contribution in [1.82, 2.24) is 10.2 Å². The fourth-order valence-corrected chi connectivity index (χ4v) is 2.48. The molecule has 116 valence electrons. The predicted molar refractivity (Wildman–Crippen MR) is 86.3 cm³/mol. The average molecular weight is 416 g/mol. The minimum atomic E-state index is -0.762. The van der Waals surface area contributed by atoms with Crippen molar-refractivity contribution in [3.05, 3.63) is 26.8 Å². The normalized spacial score (nSPS) is 17.0. The number of urea groups is 1. The van der Waals surface area contributed by atoms with Crippen LogP contribution >= 0.6 is 22.6 Å². The van der Waals surface area contributed by atoms with E-state index in [0.717, 1.165) is 4.90 Å². The summed E-state index contributed by atoms with van der Waals surface area (Å²) in [7, 11) is 1.28. The number of carbonyl (C=O) groups excluding carboxylic acids is 3. The molecule has 1 aromatic rings. The molecule has 1 aliphatic rings. The summed E-state index contributed by atoms with van der Waals surface area (Å²) in [6, 6.07) is 2.36. The van der Waals surface area contributed by atoms with Crippen LogP contribution in [-0.4, -0.2) is 41.5 Å². The van der Waals surface area contributed by atoms with Gasteiger partial charge in [-0.2, -0.15) is 0 Å². The fraction of sp³-hybridized carbons (Fsp3) is 0.214. The molecule has 0 aliphatic carbocycles. The summed E-state index contributed by atoms with van der Waals surface area (Å²) in [5, 5.41) is 12.0. The maximum atomic E-state index is 12.0. The van der Waals surface area contributed by atoms with Gasteiger partial charge in [0.1, 0.15) is 5.57 Å². The molecule has 7 nitrogen and oxygen atoms in total.